The molecule has 0 spiro atoms. The lowest BCUT2D eigenvalue weighted by Crippen LogP contribution is -2.62. The molecule has 2 heterocycles. The lowest BCUT2D eigenvalue weighted by atomic mass is 10.1. The zero-order valence-corrected chi connectivity index (χ0v) is 12.7. The number of benzene rings is 1. The number of quaternary nitrogens is 1. The van der Waals surface area contributed by atoms with E-state index in [2.05, 4.69) is 11.4 Å². The molecule has 0 saturated carbocycles. The molecule has 2 nitrogen and oxygen atoms in total. The van der Waals surface area contributed by atoms with Crippen LogP contribution in [-0.2, 0) is 6.42 Å². The van der Waals surface area contributed by atoms with Gasteiger partial charge in [-0.2, -0.15) is 0 Å². The molecule has 1 N–H and O–H groups in total. The summed E-state index contributed by atoms with van der Waals surface area (Å²) >= 11 is 12.1. The molecule has 0 amide bonds. The van der Waals surface area contributed by atoms with Gasteiger partial charge in [0.2, 0.25) is 0 Å². The third-order valence-corrected chi connectivity index (χ3v) is 5.60. The highest BCUT2D eigenvalue weighted by atomic mass is 35.5. The Morgan fingerprint density at radius 1 is 1.21 bits per heavy atom. The van der Waals surface area contributed by atoms with Crippen molar-refractivity contribution >= 4 is 23.2 Å². The second-order valence-electron chi connectivity index (χ2n) is 5.89. The molecule has 4 heteroatoms. The van der Waals surface area contributed by atoms with Crippen molar-refractivity contribution in [2.75, 3.05) is 32.7 Å². The molecule has 2 saturated heterocycles. The molecule has 2 aliphatic rings. The molecule has 0 aromatic heterocycles. The van der Waals surface area contributed by atoms with Gasteiger partial charge in [-0.15, -0.1) is 0 Å². The van der Waals surface area contributed by atoms with Crippen molar-refractivity contribution in [3.63, 3.8) is 0 Å². The van der Waals surface area contributed by atoms with Crippen LogP contribution in [0.5, 0.6) is 0 Å². The third kappa shape index (κ3) is 2.78. The van der Waals surface area contributed by atoms with Crippen LogP contribution in [0.1, 0.15) is 18.4 Å². The number of halogens is 2. The number of fused-ring (bicyclic) bond motifs is 1. The predicted octanol–water partition coefficient (Wildman–Crippen LogP) is 3.12. The van der Waals surface area contributed by atoms with Gasteiger partial charge in [0.1, 0.15) is 6.04 Å². The number of nitrogens with zero attached hydrogens (tertiary/aromatic N) is 1. The fourth-order valence-electron chi connectivity index (χ4n) is 3.71. The Kier molecular flexibility index (Phi) is 4.04. The summed E-state index contributed by atoms with van der Waals surface area (Å²) in [6.45, 7) is 6.24. The monoisotopic (exact) mass is 299 g/mol. The Hall–Kier alpha value is -0.280. The molecule has 0 radical (unpaired) electrons. The third-order valence-electron chi connectivity index (χ3n) is 4.86. The number of hydrogen-bond donors (Lipinski definition) is 1. The minimum atomic E-state index is 0.652. The van der Waals surface area contributed by atoms with Crippen molar-refractivity contribution in [1.82, 2.24) is 5.32 Å². The van der Waals surface area contributed by atoms with Crippen LogP contribution in [0.15, 0.2) is 18.2 Å². The largest absolute Gasteiger partial charge is 0.319 e. The standard InChI is InChI=1S/C15H21Cl2N2/c16-14-4-3-12(10-15(14)17)5-8-19-7-1-2-13(19)11-18-6-9-19/h3-4,10,13,18H,1-2,5-9,11H2/q+1. The van der Waals surface area contributed by atoms with E-state index in [9.17, 15) is 0 Å². The smallest absolute Gasteiger partial charge is 0.102 e. The molecule has 1 aromatic rings. The van der Waals surface area contributed by atoms with Gasteiger partial charge in [-0.3, -0.25) is 0 Å². The highest BCUT2D eigenvalue weighted by molar-refractivity contribution is 6.42. The Bertz CT molecular complexity index is 463. The summed E-state index contributed by atoms with van der Waals surface area (Å²) in [6.07, 6.45) is 3.87. The van der Waals surface area contributed by atoms with Gasteiger partial charge in [0.25, 0.3) is 0 Å². The van der Waals surface area contributed by atoms with Crippen LogP contribution in [0.25, 0.3) is 0 Å². The quantitative estimate of drug-likeness (QED) is 0.846. The molecule has 0 aliphatic carbocycles. The fraction of sp³-hybridized carbons (Fsp3) is 0.600. The van der Waals surface area contributed by atoms with Gasteiger partial charge >= 0.3 is 0 Å². The normalized spacial score (nSPS) is 30.3. The molecule has 2 unspecified atom stereocenters. The fourth-order valence-corrected chi connectivity index (χ4v) is 4.03. The lowest BCUT2D eigenvalue weighted by Gasteiger charge is -2.43. The molecular weight excluding hydrogens is 279 g/mol. The zero-order valence-electron chi connectivity index (χ0n) is 11.2. The highest BCUT2D eigenvalue weighted by Gasteiger charge is 2.42. The van der Waals surface area contributed by atoms with Crippen LogP contribution < -0.4 is 5.32 Å². The maximum atomic E-state index is 6.10. The first-order valence-corrected chi connectivity index (χ1v) is 7.96. The summed E-state index contributed by atoms with van der Waals surface area (Å²) in [5.41, 5.74) is 1.31. The van der Waals surface area contributed by atoms with Gasteiger partial charge in [0.05, 0.1) is 29.7 Å². The summed E-state index contributed by atoms with van der Waals surface area (Å²) in [4.78, 5) is 0. The van der Waals surface area contributed by atoms with E-state index in [1.54, 1.807) is 0 Å². The number of rotatable bonds is 3. The van der Waals surface area contributed by atoms with Crippen molar-refractivity contribution in [3.8, 4) is 0 Å². The van der Waals surface area contributed by atoms with E-state index < -0.39 is 0 Å². The van der Waals surface area contributed by atoms with Gasteiger partial charge in [-0.05, 0) is 17.7 Å². The second-order valence-corrected chi connectivity index (χ2v) is 6.70. The summed E-state index contributed by atoms with van der Waals surface area (Å²) in [5, 5.41) is 4.87. The van der Waals surface area contributed by atoms with Crippen LogP contribution in [0.2, 0.25) is 10.0 Å². The predicted molar refractivity (Wildman–Crippen MR) is 80.9 cm³/mol. The zero-order chi connectivity index (χ0) is 13.3. The number of hydrogen-bond acceptors (Lipinski definition) is 1. The van der Waals surface area contributed by atoms with Gasteiger partial charge < -0.3 is 9.80 Å². The Balaban J connectivity index is 1.69. The summed E-state index contributed by atoms with van der Waals surface area (Å²) in [6, 6.07) is 6.88. The molecule has 104 valence electrons. The summed E-state index contributed by atoms with van der Waals surface area (Å²) in [7, 11) is 0. The second kappa shape index (κ2) is 5.61. The maximum absolute atomic E-state index is 6.10. The van der Waals surface area contributed by atoms with Crippen molar-refractivity contribution in [2.24, 2.45) is 0 Å². The first-order valence-electron chi connectivity index (χ1n) is 7.20. The van der Waals surface area contributed by atoms with Crippen molar-refractivity contribution in [3.05, 3.63) is 33.8 Å². The first kappa shape index (κ1) is 13.7. The molecule has 2 fully saturated rings. The van der Waals surface area contributed by atoms with Crippen LogP contribution in [0.3, 0.4) is 0 Å². The Morgan fingerprint density at radius 2 is 2.11 bits per heavy atom. The van der Waals surface area contributed by atoms with E-state index in [0.717, 1.165) is 19.0 Å². The Labute approximate surface area is 125 Å². The minimum absolute atomic E-state index is 0.652. The Morgan fingerprint density at radius 3 is 2.95 bits per heavy atom. The molecule has 1 aromatic carbocycles. The summed E-state index contributed by atoms with van der Waals surface area (Å²) in [5.74, 6) is 0. The van der Waals surface area contributed by atoms with Crippen LogP contribution >= 0.6 is 23.2 Å². The van der Waals surface area contributed by atoms with Crippen molar-refractivity contribution < 1.29 is 4.48 Å². The van der Waals surface area contributed by atoms with Gasteiger partial charge in [0, 0.05) is 32.4 Å². The minimum Gasteiger partial charge on any atom is -0.319 e. The average molecular weight is 300 g/mol. The molecule has 19 heavy (non-hydrogen) atoms. The molecule has 2 aliphatic heterocycles. The SMILES string of the molecule is Clc1ccc(CC[N+]23CCCC2CNCC3)cc1Cl. The van der Waals surface area contributed by atoms with E-state index >= 15 is 0 Å². The van der Waals surface area contributed by atoms with E-state index in [-0.39, 0.29) is 0 Å². The topological polar surface area (TPSA) is 12.0 Å². The van der Waals surface area contributed by atoms with Gasteiger partial charge in [0.15, 0.2) is 0 Å². The maximum Gasteiger partial charge on any atom is 0.102 e. The average Bonchev–Trinajstić information content (AvgIpc) is 2.84. The van der Waals surface area contributed by atoms with Gasteiger partial charge in [-0.1, -0.05) is 29.3 Å². The molecule has 0 bridgehead atoms. The van der Waals surface area contributed by atoms with E-state index in [1.807, 2.05) is 12.1 Å². The number of nitrogens with one attached hydrogen (secondary N) is 1. The molecular formula is C15H21Cl2N2+. The first-order chi connectivity index (χ1) is 9.20. The highest BCUT2D eigenvalue weighted by Crippen LogP contribution is 2.29. The van der Waals surface area contributed by atoms with Crippen molar-refractivity contribution in [2.45, 2.75) is 25.3 Å². The van der Waals surface area contributed by atoms with E-state index in [4.69, 9.17) is 23.2 Å². The van der Waals surface area contributed by atoms with Crippen LogP contribution in [-0.4, -0.2) is 43.2 Å². The van der Waals surface area contributed by atoms with E-state index in [1.165, 1.54) is 49.1 Å². The molecule has 2 atom stereocenters. The summed E-state index contributed by atoms with van der Waals surface area (Å²) < 4.78 is 1.31. The molecule has 3 rings (SSSR count). The van der Waals surface area contributed by atoms with E-state index in [0.29, 0.717) is 10.0 Å². The van der Waals surface area contributed by atoms with Crippen LogP contribution in [0, 0.1) is 0 Å². The number of piperazine rings is 1. The lowest BCUT2D eigenvalue weighted by molar-refractivity contribution is -0.940. The van der Waals surface area contributed by atoms with Gasteiger partial charge in [-0.25, -0.2) is 0 Å². The van der Waals surface area contributed by atoms with Crippen LogP contribution in [0.4, 0.5) is 0 Å². The van der Waals surface area contributed by atoms with Crippen molar-refractivity contribution in [1.29, 1.82) is 0 Å².